The number of hydrogen-bond donors (Lipinski definition) is 0. The highest BCUT2D eigenvalue weighted by atomic mass is 14.8. The Bertz CT molecular complexity index is 2310. The van der Waals surface area contributed by atoms with Gasteiger partial charge in [0.25, 0.3) is 0 Å². The van der Waals surface area contributed by atoms with Crippen molar-refractivity contribution in [3.63, 3.8) is 0 Å². The molecule has 3 aromatic heterocycles. The van der Waals surface area contributed by atoms with E-state index in [-0.39, 0.29) is 0 Å². The van der Waals surface area contributed by atoms with Crippen LogP contribution in [0.25, 0.3) is 55.1 Å². The van der Waals surface area contributed by atoms with Crippen molar-refractivity contribution < 1.29 is 0 Å². The van der Waals surface area contributed by atoms with E-state index >= 15 is 0 Å². The monoisotopic (exact) mass is 547 g/mol. The van der Waals surface area contributed by atoms with E-state index in [2.05, 4.69) is 140 Å². The molecule has 3 heterocycles. The third-order valence-electron chi connectivity index (χ3n) is 8.97. The number of nitrogens with zero attached hydrogens (tertiary/aromatic N) is 3. The summed E-state index contributed by atoms with van der Waals surface area (Å²) in [5, 5.41) is 4.41. The van der Waals surface area contributed by atoms with E-state index in [9.17, 15) is 0 Å². The summed E-state index contributed by atoms with van der Waals surface area (Å²) in [6, 6.07) is 51.6. The van der Waals surface area contributed by atoms with Crippen LogP contribution < -0.4 is 0 Å². The fourth-order valence-corrected chi connectivity index (χ4v) is 7.12. The van der Waals surface area contributed by atoms with E-state index in [1.54, 1.807) is 0 Å². The Balaban J connectivity index is 1.31. The number of rotatable bonds is 3. The maximum Gasteiger partial charge on any atom is 0.0894 e. The molecule has 0 amide bonds. The Morgan fingerprint density at radius 3 is 1.81 bits per heavy atom. The minimum atomic E-state index is -0.547. The Hall–Kier alpha value is -5.67. The van der Waals surface area contributed by atoms with Crippen molar-refractivity contribution in [3.05, 3.63) is 174 Å². The first kappa shape index (κ1) is 24.0. The highest BCUT2D eigenvalue weighted by Gasteiger charge is 2.47. The Morgan fingerprint density at radius 2 is 1.05 bits per heavy atom. The summed E-state index contributed by atoms with van der Waals surface area (Å²) < 4.78 is 0. The maximum atomic E-state index is 5.44. The van der Waals surface area contributed by atoms with Crippen LogP contribution in [-0.4, -0.2) is 15.0 Å². The number of fused-ring (bicyclic) bond motifs is 8. The molecule has 8 aromatic rings. The van der Waals surface area contributed by atoms with Crippen LogP contribution in [0, 0.1) is 0 Å². The van der Waals surface area contributed by atoms with Crippen LogP contribution in [0.3, 0.4) is 0 Å². The Morgan fingerprint density at radius 1 is 0.419 bits per heavy atom. The molecule has 200 valence electrons. The lowest BCUT2D eigenvalue weighted by Crippen LogP contribution is -2.29. The third-order valence-corrected chi connectivity index (χ3v) is 8.97. The largest absolute Gasteiger partial charge is 0.256 e. The molecule has 0 N–H and O–H groups in total. The van der Waals surface area contributed by atoms with Gasteiger partial charge in [-0.15, -0.1) is 0 Å². The molecule has 43 heavy (non-hydrogen) atoms. The zero-order valence-corrected chi connectivity index (χ0v) is 23.3. The Kier molecular flexibility index (Phi) is 5.11. The average molecular weight is 548 g/mol. The Labute approximate surface area is 249 Å². The van der Waals surface area contributed by atoms with Crippen molar-refractivity contribution in [1.29, 1.82) is 0 Å². The van der Waals surface area contributed by atoms with Crippen LogP contribution in [0.15, 0.2) is 152 Å². The fourth-order valence-electron chi connectivity index (χ4n) is 7.12. The van der Waals surface area contributed by atoms with Crippen LogP contribution in [0.5, 0.6) is 0 Å². The molecule has 0 atom stereocenters. The molecule has 3 nitrogen and oxygen atoms in total. The summed E-state index contributed by atoms with van der Waals surface area (Å²) in [5.41, 5.74) is 10.3. The lowest BCUT2D eigenvalue weighted by atomic mass is 9.70. The van der Waals surface area contributed by atoms with Gasteiger partial charge in [0, 0.05) is 22.4 Å². The van der Waals surface area contributed by atoms with Crippen LogP contribution >= 0.6 is 0 Å². The molecule has 0 spiro atoms. The maximum absolute atomic E-state index is 5.44. The van der Waals surface area contributed by atoms with Crippen molar-refractivity contribution in [1.82, 2.24) is 15.0 Å². The lowest BCUT2D eigenvalue weighted by Gasteiger charge is -2.32. The van der Waals surface area contributed by atoms with Gasteiger partial charge in [0.2, 0.25) is 0 Å². The van der Waals surface area contributed by atoms with Crippen LogP contribution in [0.2, 0.25) is 0 Å². The smallest absolute Gasteiger partial charge is 0.0894 e. The second kappa shape index (κ2) is 9.17. The van der Waals surface area contributed by atoms with Crippen molar-refractivity contribution in [2.75, 3.05) is 0 Å². The molecule has 0 saturated heterocycles. The number of pyridine rings is 3. The van der Waals surface area contributed by atoms with Crippen molar-refractivity contribution >= 4 is 32.6 Å². The molecule has 1 aliphatic carbocycles. The van der Waals surface area contributed by atoms with Gasteiger partial charge in [-0.2, -0.15) is 0 Å². The van der Waals surface area contributed by atoms with E-state index in [0.29, 0.717) is 0 Å². The summed E-state index contributed by atoms with van der Waals surface area (Å²) in [5.74, 6) is 0. The van der Waals surface area contributed by atoms with Crippen LogP contribution in [-0.2, 0) is 5.41 Å². The molecule has 0 saturated carbocycles. The lowest BCUT2D eigenvalue weighted by molar-refractivity contribution is 0.736. The fraction of sp³-hybridized carbons (Fsp3) is 0.0250. The SMILES string of the molecule is c1ccc(C2(c3cccc(-c4ccc5ccc6ccc7cccnc7c6c5n4)n3)c3ccccc3-c3ccccc32)cc1. The second-order valence-corrected chi connectivity index (χ2v) is 11.2. The minimum absolute atomic E-state index is 0.547. The highest BCUT2D eigenvalue weighted by Crippen LogP contribution is 2.55. The predicted molar refractivity (Wildman–Crippen MR) is 175 cm³/mol. The molecule has 0 unspecified atom stereocenters. The van der Waals surface area contributed by atoms with Gasteiger partial charge in [0.1, 0.15) is 0 Å². The summed E-state index contributed by atoms with van der Waals surface area (Å²) in [6.45, 7) is 0. The number of hydrogen-bond acceptors (Lipinski definition) is 3. The van der Waals surface area contributed by atoms with Gasteiger partial charge in [-0.25, -0.2) is 9.97 Å². The summed E-state index contributed by atoms with van der Waals surface area (Å²) in [7, 11) is 0. The van der Waals surface area contributed by atoms with E-state index in [1.165, 1.54) is 27.8 Å². The number of aromatic nitrogens is 3. The predicted octanol–water partition coefficient (Wildman–Crippen LogP) is 9.36. The molecule has 0 radical (unpaired) electrons. The summed E-state index contributed by atoms with van der Waals surface area (Å²) >= 11 is 0. The van der Waals surface area contributed by atoms with Gasteiger partial charge in [0.15, 0.2) is 0 Å². The summed E-state index contributed by atoms with van der Waals surface area (Å²) in [4.78, 5) is 15.5. The molecular weight excluding hydrogens is 522 g/mol. The van der Waals surface area contributed by atoms with Gasteiger partial charge < -0.3 is 0 Å². The molecule has 0 fully saturated rings. The van der Waals surface area contributed by atoms with Crippen molar-refractivity contribution in [3.8, 4) is 22.5 Å². The third kappa shape index (κ3) is 3.39. The van der Waals surface area contributed by atoms with Crippen molar-refractivity contribution in [2.45, 2.75) is 5.41 Å². The molecule has 0 bridgehead atoms. The zero-order chi connectivity index (χ0) is 28.4. The minimum Gasteiger partial charge on any atom is -0.256 e. The first-order valence-electron chi connectivity index (χ1n) is 14.6. The molecular formula is C40H25N3. The molecule has 3 heteroatoms. The average Bonchev–Trinajstić information content (AvgIpc) is 3.39. The van der Waals surface area contributed by atoms with E-state index in [4.69, 9.17) is 15.0 Å². The summed E-state index contributed by atoms with van der Waals surface area (Å²) in [6.07, 6.45) is 1.86. The zero-order valence-electron chi connectivity index (χ0n) is 23.3. The van der Waals surface area contributed by atoms with Crippen molar-refractivity contribution in [2.24, 2.45) is 0 Å². The van der Waals surface area contributed by atoms with Gasteiger partial charge in [-0.1, -0.05) is 121 Å². The van der Waals surface area contributed by atoms with E-state index in [1.807, 2.05) is 12.3 Å². The van der Waals surface area contributed by atoms with Gasteiger partial charge >= 0.3 is 0 Å². The van der Waals surface area contributed by atoms with Gasteiger partial charge in [-0.3, -0.25) is 4.98 Å². The second-order valence-electron chi connectivity index (χ2n) is 11.2. The van der Waals surface area contributed by atoms with Gasteiger partial charge in [0.05, 0.1) is 33.5 Å². The normalized spacial score (nSPS) is 13.3. The van der Waals surface area contributed by atoms with Gasteiger partial charge in [-0.05, 0) is 57.5 Å². The highest BCUT2D eigenvalue weighted by molar-refractivity contribution is 6.17. The van der Waals surface area contributed by atoms with Crippen LogP contribution in [0.4, 0.5) is 0 Å². The number of benzene rings is 5. The molecule has 1 aliphatic rings. The topological polar surface area (TPSA) is 38.7 Å². The first-order valence-corrected chi connectivity index (χ1v) is 14.6. The molecule has 5 aromatic carbocycles. The van der Waals surface area contributed by atoms with E-state index in [0.717, 1.165) is 49.7 Å². The van der Waals surface area contributed by atoms with Crippen LogP contribution in [0.1, 0.15) is 22.4 Å². The first-order chi connectivity index (χ1) is 21.3. The standard InChI is InChI=1S/C40H25N3/c1-2-11-29(12-3-1)40(32-15-6-4-13-30(32)31-14-5-7-16-33(31)40)36-18-8-17-34(42-36)35-24-23-28-22-20-26-19-21-27-10-9-25-41-38(27)37(26)39(28)43-35/h1-25H. The quantitative estimate of drug-likeness (QED) is 0.207. The molecule has 9 rings (SSSR count). The van der Waals surface area contributed by atoms with E-state index < -0.39 is 5.41 Å². The molecule has 0 aliphatic heterocycles.